The van der Waals surface area contributed by atoms with Crippen molar-refractivity contribution < 1.29 is 14.5 Å². The van der Waals surface area contributed by atoms with E-state index in [0.29, 0.717) is 50.0 Å². The fraction of sp³-hybridized carbons (Fsp3) is 0.588. The second-order valence-electron chi connectivity index (χ2n) is 6.23. The SMILES string of the molecule is COCCCNC(=O)C(C)N1CCN(c2ccc(Cl)cc2[N+](=O)[O-])CC1. The maximum absolute atomic E-state index is 12.2. The third kappa shape index (κ3) is 5.30. The first kappa shape index (κ1) is 20.4. The van der Waals surface area contributed by atoms with Gasteiger partial charge in [0.2, 0.25) is 5.91 Å². The quantitative estimate of drug-likeness (QED) is 0.418. The van der Waals surface area contributed by atoms with Crippen LogP contribution in [0.5, 0.6) is 0 Å². The molecule has 1 amide bonds. The number of piperazine rings is 1. The molecule has 26 heavy (non-hydrogen) atoms. The normalized spacial score (nSPS) is 16.3. The molecule has 1 fully saturated rings. The predicted octanol–water partition coefficient (Wildman–Crippen LogP) is 1.91. The maximum Gasteiger partial charge on any atom is 0.294 e. The molecule has 8 nitrogen and oxygen atoms in total. The topological polar surface area (TPSA) is 88.0 Å². The molecule has 9 heteroatoms. The second-order valence-corrected chi connectivity index (χ2v) is 6.66. The molecule has 1 aromatic rings. The molecule has 1 saturated heterocycles. The van der Waals surface area contributed by atoms with Gasteiger partial charge in [-0.2, -0.15) is 0 Å². The summed E-state index contributed by atoms with van der Waals surface area (Å²) in [6.45, 7) is 5.64. The van der Waals surface area contributed by atoms with Crippen molar-refractivity contribution in [1.29, 1.82) is 0 Å². The molecule has 1 aliphatic heterocycles. The number of anilines is 1. The van der Waals surface area contributed by atoms with Crippen LogP contribution in [0.3, 0.4) is 0 Å². The van der Waals surface area contributed by atoms with Gasteiger partial charge in [-0.3, -0.25) is 19.8 Å². The smallest absolute Gasteiger partial charge is 0.294 e. The van der Waals surface area contributed by atoms with E-state index in [1.54, 1.807) is 19.2 Å². The largest absolute Gasteiger partial charge is 0.385 e. The number of nitrogens with zero attached hydrogens (tertiary/aromatic N) is 3. The van der Waals surface area contributed by atoms with Gasteiger partial charge in [-0.05, 0) is 25.5 Å². The van der Waals surface area contributed by atoms with Gasteiger partial charge in [-0.25, -0.2) is 0 Å². The number of nitro benzene ring substituents is 1. The molecule has 0 aromatic heterocycles. The second kappa shape index (κ2) is 9.70. The number of nitrogens with one attached hydrogen (secondary N) is 1. The molecule has 2 rings (SSSR count). The average Bonchev–Trinajstić information content (AvgIpc) is 2.64. The lowest BCUT2D eigenvalue weighted by atomic mass is 10.1. The Morgan fingerprint density at radius 1 is 1.38 bits per heavy atom. The van der Waals surface area contributed by atoms with Crippen LogP contribution in [0.25, 0.3) is 0 Å². The summed E-state index contributed by atoms with van der Waals surface area (Å²) >= 11 is 5.88. The number of ether oxygens (including phenoxy) is 1. The number of benzene rings is 1. The van der Waals surface area contributed by atoms with Crippen molar-refractivity contribution >= 4 is 28.9 Å². The minimum absolute atomic E-state index is 0.00738. The summed E-state index contributed by atoms with van der Waals surface area (Å²) in [6, 6.07) is 4.48. The zero-order valence-electron chi connectivity index (χ0n) is 15.1. The zero-order chi connectivity index (χ0) is 19.1. The first-order valence-corrected chi connectivity index (χ1v) is 9.01. The van der Waals surface area contributed by atoms with E-state index in [-0.39, 0.29) is 17.6 Å². The van der Waals surface area contributed by atoms with Crippen LogP contribution in [0, 0.1) is 10.1 Å². The highest BCUT2D eigenvalue weighted by Gasteiger charge is 2.28. The standard InChI is InChI=1S/C17H25ClN4O4/c1-13(17(23)19-6-3-11-26-2)20-7-9-21(10-8-20)15-5-4-14(18)12-16(15)22(24)25/h4-5,12-13H,3,6-11H2,1-2H3,(H,19,23). The number of amides is 1. The van der Waals surface area contributed by atoms with E-state index in [1.165, 1.54) is 6.07 Å². The number of methoxy groups -OCH3 is 1. The summed E-state index contributed by atoms with van der Waals surface area (Å²) in [4.78, 5) is 27.1. The van der Waals surface area contributed by atoms with Crippen LogP contribution in [0.4, 0.5) is 11.4 Å². The number of nitro groups is 1. The lowest BCUT2D eigenvalue weighted by Crippen LogP contribution is -2.54. The van der Waals surface area contributed by atoms with Crippen molar-refractivity contribution in [3.63, 3.8) is 0 Å². The third-order valence-electron chi connectivity index (χ3n) is 4.54. The molecule has 1 N–H and O–H groups in total. The fourth-order valence-corrected chi connectivity index (χ4v) is 3.17. The van der Waals surface area contributed by atoms with Crippen LogP contribution in [-0.2, 0) is 9.53 Å². The van der Waals surface area contributed by atoms with Gasteiger partial charge in [0.1, 0.15) is 5.69 Å². The summed E-state index contributed by atoms with van der Waals surface area (Å²) in [5.41, 5.74) is 0.575. The molecule has 1 aromatic carbocycles. The average molecular weight is 385 g/mol. The van der Waals surface area contributed by atoms with Crippen LogP contribution in [-0.4, -0.2) is 68.2 Å². The van der Waals surface area contributed by atoms with Gasteiger partial charge < -0.3 is 15.0 Å². The highest BCUT2D eigenvalue weighted by Crippen LogP contribution is 2.31. The Morgan fingerprint density at radius 2 is 2.08 bits per heavy atom. The van der Waals surface area contributed by atoms with E-state index < -0.39 is 4.92 Å². The minimum atomic E-state index is -0.413. The minimum Gasteiger partial charge on any atom is -0.385 e. The van der Waals surface area contributed by atoms with Gasteiger partial charge in [0.15, 0.2) is 0 Å². The monoisotopic (exact) mass is 384 g/mol. The molecule has 1 heterocycles. The fourth-order valence-electron chi connectivity index (χ4n) is 3.00. The molecule has 0 radical (unpaired) electrons. The number of hydrogen-bond donors (Lipinski definition) is 1. The molecular weight excluding hydrogens is 360 g/mol. The first-order chi connectivity index (χ1) is 12.4. The Labute approximate surface area is 158 Å². The molecule has 0 aliphatic carbocycles. The van der Waals surface area contributed by atoms with Gasteiger partial charge >= 0.3 is 0 Å². The predicted molar refractivity (Wildman–Crippen MR) is 101 cm³/mol. The molecule has 144 valence electrons. The lowest BCUT2D eigenvalue weighted by molar-refractivity contribution is -0.384. The molecule has 0 saturated carbocycles. The van der Waals surface area contributed by atoms with E-state index in [4.69, 9.17) is 16.3 Å². The van der Waals surface area contributed by atoms with Gasteiger partial charge in [0.05, 0.1) is 11.0 Å². The maximum atomic E-state index is 12.2. The van der Waals surface area contributed by atoms with Gasteiger partial charge in [-0.1, -0.05) is 11.6 Å². The van der Waals surface area contributed by atoms with Crippen molar-refractivity contribution in [3.05, 3.63) is 33.3 Å². The van der Waals surface area contributed by atoms with Gasteiger partial charge in [0, 0.05) is 57.5 Å². The van der Waals surface area contributed by atoms with E-state index >= 15 is 0 Å². The Kier molecular flexibility index (Phi) is 7.62. The van der Waals surface area contributed by atoms with Crippen molar-refractivity contribution in [2.45, 2.75) is 19.4 Å². The van der Waals surface area contributed by atoms with Crippen LogP contribution in [0.1, 0.15) is 13.3 Å². The first-order valence-electron chi connectivity index (χ1n) is 8.63. The van der Waals surface area contributed by atoms with E-state index in [2.05, 4.69) is 10.2 Å². The van der Waals surface area contributed by atoms with Crippen LogP contribution in [0.2, 0.25) is 5.02 Å². The van der Waals surface area contributed by atoms with Gasteiger partial charge in [0.25, 0.3) is 5.69 Å². The zero-order valence-corrected chi connectivity index (χ0v) is 15.9. The molecule has 1 aliphatic rings. The summed E-state index contributed by atoms with van der Waals surface area (Å²) < 4.78 is 4.96. The van der Waals surface area contributed by atoms with Crippen LogP contribution in [0.15, 0.2) is 18.2 Å². The number of rotatable bonds is 8. The van der Waals surface area contributed by atoms with E-state index in [0.717, 1.165) is 6.42 Å². The number of halogens is 1. The van der Waals surface area contributed by atoms with Crippen LogP contribution >= 0.6 is 11.6 Å². The van der Waals surface area contributed by atoms with Crippen molar-refractivity contribution in [2.75, 3.05) is 51.3 Å². The number of carbonyl (C=O) groups excluding carboxylic acids is 1. The van der Waals surface area contributed by atoms with Crippen molar-refractivity contribution in [3.8, 4) is 0 Å². The van der Waals surface area contributed by atoms with Crippen molar-refractivity contribution in [2.24, 2.45) is 0 Å². The van der Waals surface area contributed by atoms with Crippen LogP contribution < -0.4 is 10.2 Å². The molecule has 0 spiro atoms. The summed E-state index contributed by atoms with van der Waals surface area (Å²) in [5, 5.41) is 14.5. The molecule has 1 unspecified atom stereocenters. The van der Waals surface area contributed by atoms with E-state index in [9.17, 15) is 14.9 Å². The Hall–Kier alpha value is -1.90. The Bertz CT molecular complexity index is 635. The van der Waals surface area contributed by atoms with Crippen molar-refractivity contribution in [1.82, 2.24) is 10.2 Å². The summed E-state index contributed by atoms with van der Waals surface area (Å²) in [5.74, 6) is -0.00738. The highest BCUT2D eigenvalue weighted by molar-refractivity contribution is 6.30. The third-order valence-corrected chi connectivity index (χ3v) is 4.78. The number of hydrogen-bond acceptors (Lipinski definition) is 6. The number of carbonyl (C=O) groups is 1. The molecular formula is C17H25ClN4O4. The summed E-state index contributed by atoms with van der Waals surface area (Å²) in [6.07, 6.45) is 0.781. The highest BCUT2D eigenvalue weighted by atomic mass is 35.5. The Morgan fingerprint density at radius 3 is 2.69 bits per heavy atom. The lowest BCUT2D eigenvalue weighted by Gasteiger charge is -2.38. The Balaban J connectivity index is 1.91. The summed E-state index contributed by atoms with van der Waals surface area (Å²) in [7, 11) is 1.63. The molecule has 0 bridgehead atoms. The molecule has 1 atom stereocenters. The van der Waals surface area contributed by atoms with Gasteiger partial charge in [-0.15, -0.1) is 0 Å². The van der Waals surface area contributed by atoms with E-state index in [1.807, 2.05) is 11.8 Å².